The van der Waals surface area contributed by atoms with Gasteiger partial charge >= 0.3 is 6.18 Å². The highest BCUT2D eigenvalue weighted by atomic mass is 35.5. The predicted molar refractivity (Wildman–Crippen MR) is 101 cm³/mol. The fourth-order valence-corrected chi connectivity index (χ4v) is 4.03. The van der Waals surface area contributed by atoms with Gasteiger partial charge in [-0.15, -0.1) is 11.3 Å². The van der Waals surface area contributed by atoms with Gasteiger partial charge in [0.1, 0.15) is 4.88 Å². The van der Waals surface area contributed by atoms with Crippen molar-refractivity contribution in [2.45, 2.75) is 25.6 Å². The van der Waals surface area contributed by atoms with E-state index in [2.05, 4.69) is 4.98 Å². The Balaban J connectivity index is 2.00. The number of pyridine rings is 1. The van der Waals surface area contributed by atoms with Crippen LogP contribution in [0.3, 0.4) is 0 Å². The fraction of sp³-hybridized carbons (Fsp3) is 0.278. The molecule has 5 nitrogen and oxygen atoms in total. The lowest BCUT2D eigenvalue weighted by Gasteiger charge is -2.10. The quantitative estimate of drug-likeness (QED) is 0.392. The van der Waals surface area contributed by atoms with Gasteiger partial charge in [-0.05, 0) is 17.7 Å². The lowest BCUT2D eigenvalue weighted by molar-refractivity contribution is -0.134. The van der Waals surface area contributed by atoms with Crippen LogP contribution in [0.25, 0.3) is 11.3 Å². The zero-order chi connectivity index (χ0) is 22.2. The molecule has 0 spiro atoms. The minimum Gasteiger partial charge on any atom is -0.340 e. The second kappa shape index (κ2) is 8.31. The zero-order valence-corrected chi connectivity index (χ0v) is 16.8. The van der Waals surface area contributed by atoms with Gasteiger partial charge in [-0.25, -0.2) is 13.8 Å². The van der Waals surface area contributed by atoms with Crippen LogP contribution in [0.4, 0.5) is 22.0 Å². The highest BCUT2D eigenvalue weighted by Gasteiger charge is 2.34. The van der Waals surface area contributed by atoms with Crippen molar-refractivity contribution in [3.8, 4) is 11.3 Å². The molecule has 0 saturated carbocycles. The smallest absolute Gasteiger partial charge is 0.340 e. The summed E-state index contributed by atoms with van der Waals surface area (Å²) in [4.78, 5) is 27.8. The minimum absolute atomic E-state index is 0.00481. The Morgan fingerprint density at radius 2 is 1.97 bits per heavy atom. The van der Waals surface area contributed by atoms with Crippen LogP contribution in [0.1, 0.15) is 20.1 Å². The molecule has 0 aliphatic heterocycles. The maximum absolute atomic E-state index is 12.9. The van der Waals surface area contributed by atoms with Crippen molar-refractivity contribution in [3.63, 3.8) is 0 Å². The molecule has 0 aromatic carbocycles. The number of hydrogen-bond donors (Lipinski definition) is 0. The van der Waals surface area contributed by atoms with Crippen LogP contribution in [-0.2, 0) is 26.2 Å². The summed E-state index contributed by atoms with van der Waals surface area (Å²) < 4.78 is 66.7. The molecule has 0 amide bonds. The molecule has 3 aromatic heterocycles. The number of imidazole rings is 1. The first kappa shape index (κ1) is 22.2. The molecule has 3 aromatic rings. The molecule has 3 heterocycles. The third kappa shape index (κ3) is 4.78. The molecule has 0 aliphatic rings. The number of carbonyl (C=O) groups is 1. The Morgan fingerprint density at radius 1 is 1.27 bits per heavy atom. The number of alkyl halides is 5. The lowest BCUT2D eigenvalue weighted by atomic mass is 10.1. The number of aromatic nitrogens is 3. The van der Waals surface area contributed by atoms with Crippen molar-refractivity contribution in [3.05, 3.63) is 61.5 Å². The Morgan fingerprint density at radius 3 is 2.50 bits per heavy atom. The van der Waals surface area contributed by atoms with Gasteiger partial charge in [-0.1, -0.05) is 11.6 Å². The van der Waals surface area contributed by atoms with E-state index in [1.54, 1.807) is 11.6 Å². The molecule has 3 rings (SSSR count). The number of Topliss-reactive ketones (excluding diaryl/α,β-unsaturated/α-hetero) is 1. The molecule has 0 unspecified atom stereocenters. The van der Waals surface area contributed by atoms with Crippen LogP contribution in [-0.4, -0.2) is 26.3 Å². The average Bonchev–Trinajstić information content (AvgIpc) is 3.22. The van der Waals surface area contributed by atoms with Crippen LogP contribution in [0.15, 0.2) is 35.6 Å². The number of aryl methyl sites for hydroxylation is 1. The van der Waals surface area contributed by atoms with E-state index in [9.17, 15) is 31.5 Å². The average molecular weight is 466 g/mol. The number of thiophene rings is 1. The molecule has 0 saturated heterocycles. The monoisotopic (exact) mass is 465 g/mol. The molecule has 160 valence electrons. The van der Waals surface area contributed by atoms with Gasteiger partial charge in [-0.2, -0.15) is 13.2 Å². The molecule has 0 aliphatic carbocycles. The van der Waals surface area contributed by atoms with Gasteiger partial charge in [0.2, 0.25) is 0 Å². The van der Waals surface area contributed by atoms with Crippen molar-refractivity contribution in [2.75, 3.05) is 0 Å². The zero-order valence-electron chi connectivity index (χ0n) is 15.2. The van der Waals surface area contributed by atoms with Gasteiger partial charge in [0.25, 0.3) is 12.0 Å². The van der Waals surface area contributed by atoms with Gasteiger partial charge < -0.3 is 9.13 Å². The molecular formula is C18H13ClF5N3O2S. The minimum atomic E-state index is -4.65. The molecule has 12 heteroatoms. The third-order valence-electron chi connectivity index (χ3n) is 4.04. The van der Waals surface area contributed by atoms with Crippen molar-refractivity contribution in [2.24, 2.45) is 7.05 Å². The highest BCUT2D eigenvalue weighted by molar-refractivity contribution is 7.14. The predicted octanol–water partition coefficient (Wildman–Crippen LogP) is 4.67. The maximum Gasteiger partial charge on any atom is 0.425 e. The Hall–Kier alpha value is -2.53. The van der Waals surface area contributed by atoms with E-state index in [-0.39, 0.29) is 38.1 Å². The second-order valence-electron chi connectivity index (χ2n) is 6.42. The highest BCUT2D eigenvalue weighted by Crippen LogP contribution is 2.39. The van der Waals surface area contributed by atoms with E-state index < -0.39 is 41.8 Å². The topological polar surface area (TPSA) is 56.9 Å². The lowest BCUT2D eigenvalue weighted by Crippen LogP contribution is -2.25. The van der Waals surface area contributed by atoms with Crippen LogP contribution >= 0.6 is 22.9 Å². The largest absolute Gasteiger partial charge is 0.425 e. The van der Waals surface area contributed by atoms with E-state index in [1.165, 1.54) is 18.6 Å². The summed E-state index contributed by atoms with van der Waals surface area (Å²) in [7, 11) is 1.65. The first-order valence-corrected chi connectivity index (χ1v) is 9.54. The Labute approximate surface area is 175 Å². The number of nitrogens with zero attached hydrogens (tertiary/aromatic N) is 3. The van der Waals surface area contributed by atoms with Gasteiger partial charge in [0.05, 0.1) is 34.0 Å². The van der Waals surface area contributed by atoms with Crippen molar-refractivity contribution >= 4 is 28.7 Å². The fourth-order valence-electron chi connectivity index (χ4n) is 2.78. The number of rotatable bonds is 6. The van der Waals surface area contributed by atoms with Crippen LogP contribution in [0, 0.1) is 0 Å². The SMILES string of the molecule is Cn1cnc(-c2cc(CC(=O)c3sc(C(F)(F)F)cc3Cl)cn(CC(F)F)c2=O)c1. The molecule has 0 fully saturated rings. The van der Waals surface area contributed by atoms with E-state index in [1.807, 2.05) is 0 Å². The van der Waals surface area contributed by atoms with Crippen molar-refractivity contribution in [1.29, 1.82) is 0 Å². The Kier molecular flexibility index (Phi) is 6.14. The number of ketones is 1. The Bertz CT molecular complexity index is 1150. The number of carbonyl (C=O) groups excluding carboxylic acids is 1. The summed E-state index contributed by atoms with van der Waals surface area (Å²) in [6, 6.07) is 1.98. The van der Waals surface area contributed by atoms with E-state index in [4.69, 9.17) is 11.6 Å². The van der Waals surface area contributed by atoms with E-state index in [0.717, 1.165) is 10.8 Å². The normalized spacial score (nSPS) is 12.0. The summed E-state index contributed by atoms with van der Waals surface area (Å²) in [5.41, 5.74) is -0.347. The van der Waals surface area contributed by atoms with Crippen LogP contribution in [0.2, 0.25) is 5.02 Å². The summed E-state index contributed by atoms with van der Waals surface area (Å²) in [5.74, 6) is -0.727. The summed E-state index contributed by atoms with van der Waals surface area (Å²) >= 11 is 5.99. The number of hydrogen-bond acceptors (Lipinski definition) is 4. The first-order chi connectivity index (χ1) is 14.0. The van der Waals surface area contributed by atoms with Gasteiger partial charge in [-0.3, -0.25) is 9.59 Å². The standard InChI is InChI=1S/C18H13ClF5N3O2S/c1-26-6-12(25-8-26)10-2-9(5-27(17(10)29)7-15(20)21)3-13(28)16-11(19)4-14(30-16)18(22,23)24/h2,4-6,8,15H,3,7H2,1H3. The molecule has 0 bridgehead atoms. The summed E-state index contributed by atoms with van der Waals surface area (Å²) in [6.07, 6.45) is -3.91. The number of halogens is 6. The third-order valence-corrected chi connectivity index (χ3v) is 5.67. The van der Waals surface area contributed by atoms with Gasteiger partial charge in [0, 0.05) is 25.9 Å². The van der Waals surface area contributed by atoms with Crippen molar-refractivity contribution < 1.29 is 26.7 Å². The van der Waals surface area contributed by atoms with E-state index in [0.29, 0.717) is 6.07 Å². The van der Waals surface area contributed by atoms with E-state index >= 15 is 0 Å². The van der Waals surface area contributed by atoms with Crippen LogP contribution in [0.5, 0.6) is 0 Å². The van der Waals surface area contributed by atoms with Crippen molar-refractivity contribution in [1.82, 2.24) is 14.1 Å². The molecule has 30 heavy (non-hydrogen) atoms. The second-order valence-corrected chi connectivity index (χ2v) is 7.88. The van der Waals surface area contributed by atoms with Gasteiger partial charge in [0.15, 0.2) is 5.78 Å². The molecule has 0 N–H and O–H groups in total. The molecular weight excluding hydrogens is 453 g/mol. The summed E-state index contributed by atoms with van der Waals surface area (Å²) in [5, 5.41) is -0.344. The molecule has 0 radical (unpaired) electrons. The molecule has 0 atom stereocenters. The first-order valence-electron chi connectivity index (χ1n) is 8.35. The maximum atomic E-state index is 12.9. The summed E-state index contributed by atoms with van der Waals surface area (Å²) in [6.45, 7) is -0.904. The van der Waals surface area contributed by atoms with Crippen LogP contribution < -0.4 is 5.56 Å².